The molecule has 0 saturated heterocycles. The molecule has 0 radical (unpaired) electrons. The third-order valence-corrected chi connectivity index (χ3v) is 0.964. The Morgan fingerprint density at radius 3 is 2.50 bits per heavy atom. The maximum atomic E-state index is 9.88. The van der Waals surface area contributed by atoms with Gasteiger partial charge < -0.3 is 4.90 Å². The van der Waals surface area contributed by atoms with Crippen LogP contribution in [-0.2, 0) is 4.79 Å². The Morgan fingerprint density at radius 2 is 2.38 bits per heavy atom. The van der Waals surface area contributed by atoms with Crippen LogP contribution in [0.4, 0.5) is 0 Å². The second kappa shape index (κ2) is 3.03. The zero-order chi connectivity index (χ0) is 6.57. The molecule has 0 aromatic heterocycles. The largest absolute Gasteiger partial charge is 0.333 e. The summed E-state index contributed by atoms with van der Waals surface area (Å²) in [6, 6.07) is 1.60. The van der Waals surface area contributed by atoms with Gasteiger partial charge in [-0.2, -0.15) is 5.26 Å². The Balaban J connectivity index is 3.66. The molecule has 0 heterocycles. The van der Waals surface area contributed by atoms with Gasteiger partial charge >= 0.3 is 0 Å². The minimum absolute atomic E-state index is 0.313. The van der Waals surface area contributed by atoms with E-state index in [0.29, 0.717) is 6.41 Å². The van der Waals surface area contributed by atoms with Crippen molar-refractivity contribution in [3.8, 4) is 6.07 Å². The Labute approximate surface area is 48.5 Å². The van der Waals surface area contributed by atoms with E-state index < -0.39 is 0 Å². The molecule has 1 atom stereocenters. The molecule has 3 heteroatoms. The molecule has 44 valence electrons. The van der Waals surface area contributed by atoms with Gasteiger partial charge in [0.25, 0.3) is 0 Å². The van der Waals surface area contributed by atoms with Crippen molar-refractivity contribution in [1.82, 2.24) is 4.90 Å². The van der Waals surface area contributed by atoms with Gasteiger partial charge in [0, 0.05) is 7.05 Å². The quantitative estimate of drug-likeness (QED) is 0.471. The third kappa shape index (κ3) is 1.61. The van der Waals surface area contributed by atoms with E-state index in [1.165, 1.54) is 4.90 Å². The van der Waals surface area contributed by atoms with Crippen LogP contribution >= 0.6 is 0 Å². The monoisotopic (exact) mass is 112 g/mol. The van der Waals surface area contributed by atoms with Gasteiger partial charge in [-0.15, -0.1) is 0 Å². The lowest BCUT2D eigenvalue weighted by Gasteiger charge is -2.10. The van der Waals surface area contributed by atoms with Crippen LogP contribution in [0, 0.1) is 11.3 Å². The molecule has 0 aromatic rings. The van der Waals surface area contributed by atoms with E-state index in [4.69, 9.17) is 5.26 Å². The van der Waals surface area contributed by atoms with Gasteiger partial charge in [-0.1, -0.05) is 0 Å². The van der Waals surface area contributed by atoms with Crippen LogP contribution in [0.2, 0.25) is 0 Å². The number of rotatable bonds is 2. The van der Waals surface area contributed by atoms with Crippen molar-refractivity contribution >= 4 is 6.41 Å². The van der Waals surface area contributed by atoms with Crippen LogP contribution in [0.15, 0.2) is 0 Å². The molecule has 0 N–H and O–H groups in total. The normalized spacial score (nSPS) is 11.6. The first-order chi connectivity index (χ1) is 3.72. The van der Waals surface area contributed by atoms with E-state index in [-0.39, 0.29) is 6.04 Å². The Kier molecular flexibility index (Phi) is 2.63. The maximum Gasteiger partial charge on any atom is 0.210 e. The average molecular weight is 112 g/mol. The van der Waals surface area contributed by atoms with Gasteiger partial charge in [0.15, 0.2) is 0 Å². The van der Waals surface area contributed by atoms with E-state index in [1.54, 1.807) is 14.0 Å². The second-order valence-electron chi connectivity index (χ2n) is 1.58. The first-order valence-corrected chi connectivity index (χ1v) is 2.29. The molecule has 0 aromatic carbocycles. The van der Waals surface area contributed by atoms with Crippen molar-refractivity contribution in [3.63, 3.8) is 0 Å². The fraction of sp³-hybridized carbons (Fsp3) is 0.600. The molecule has 0 fully saturated rings. The van der Waals surface area contributed by atoms with Crippen molar-refractivity contribution in [2.75, 3.05) is 7.05 Å². The van der Waals surface area contributed by atoms with Crippen LogP contribution in [0.25, 0.3) is 0 Å². The van der Waals surface area contributed by atoms with Gasteiger partial charge in [-0.3, -0.25) is 4.79 Å². The van der Waals surface area contributed by atoms with Gasteiger partial charge in [-0.25, -0.2) is 0 Å². The van der Waals surface area contributed by atoms with Gasteiger partial charge in [0.2, 0.25) is 6.41 Å². The van der Waals surface area contributed by atoms with Crippen LogP contribution in [0.5, 0.6) is 0 Å². The number of hydrogen-bond acceptors (Lipinski definition) is 2. The number of carbonyl (C=O) groups is 1. The second-order valence-corrected chi connectivity index (χ2v) is 1.58. The summed E-state index contributed by atoms with van der Waals surface area (Å²) in [5.41, 5.74) is 0. The standard InChI is InChI=1S/C5H8N2O/c1-5(3-6)7(2)4-8/h4-5H,1-2H3. The molecule has 0 aliphatic carbocycles. The summed E-state index contributed by atoms with van der Waals surface area (Å²) in [6.07, 6.45) is 0.633. The topological polar surface area (TPSA) is 44.1 Å². The molecule has 1 unspecified atom stereocenters. The van der Waals surface area contributed by atoms with Crippen LogP contribution in [0.1, 0.15) is 6.92 Å². The molecule has 0 spiro atoms. The molecule has 0 aliphatic heterocycles. The summed E-state index contributed by atoms with van der Waals surface area (Å²) in [5.74, 6) is 0. The Morgan fingerprint density at radius 1 is 1.88 bits per heavy atom. The van der Waals surface area contributed by atoms with Crippen molar-refractivity contribution < 1.29 is 4.79 Å². The lowest BCUT2D eigenvalue weighted by Crippen LogP contribution is -2.25. The molecular weight excluding hydrogens is 104 g/mol. The van der Waals surface area contributed by atoms with Crippen LogP contribution < -0.4 is 0 Å². The van der Waals surface area contributed by atoms with E-state index in [1.807, 2.05) is 6.07 Å². The highest BCUT2D eigenvalue weighted by atomic mass is 16.1. The Hall–Kier alpha value is -1.04. The first kappa shape index (κ1) is 6.96. The smallest absolute Gasteiger partial charge is 0.210 e. The van der Waals surface area contributed by atoms with Gasteiger partial charge in [0.1, 0.15) is 6.04 Å². The van der Waals surface area contributed by atoms with Crippen LogP contribution in [-0.4, -0.2) is 24.4 Å². The van der Waals surface area contributed by atoms with Crippen LogP contribution in [0.3, 0.4) is 0 Å². The summed E-state index contributed by atoms with van der Waals surface area (Å²) in [5, 5.41) is 8.19. The third-order valence-electron chi connectivity index (χ3n) is 0.964. The summed E-state index contributed by atoms with van der Waals surface area (Å²) in [6.45, 7) is 1.66. The highest BCUT2D eigenvalue weighted by Crippen LogP contribution is 1.85. The summed E-state index contributed by atoms with van der Waals surface area (Å²) >= 11 is 0. The fourth-order valence-corrected chi connectivity index (χ4v) is 0.182. The zero-order valence-corrected chi connectivity index (χ0v) is 4.96. The van der Waals surface area contributed by atoms with E-state index in [0.717, 1.165) is 0 Å². The van der Waals surface area contributed by atoms with Gasteiger partial charge in [0.05, 0.1) is 6.07 Å². The van der Waals surface area contributed by atoms with E-state index >= 15 is 0 Å². The fourth-order valence-electron chi connectivity index (χ4n) is 0.182. The van der Waals surface area contributed by atoms with E-state index in [9.17, 15) is 4.79 Å². The predicted octanol–water partition coefficient (Wildman–Crippen LogP) is -0.0133. The summed E-state index contributed by atoms with van der Waals surface area (Å²) < 4.78 is 0. The van der Waals surface area contributed by atoms with Crippen molar-refractivity contribution in [2.45, 2.75) is 13.0 Å². The minimum Gasteiger partial charge on any atom is -0.333 e. The molecule has 0 saturated carbocycles. The van der Waals surface area contributed by atoms with Crippen molar-refractivity contribution in [2.24, 2.45) is 0 Å². The predicted molar refractivity (Wildman–Crippen MR) is 28.9 cm³/mol. The highest BCUT2D eigenvalue weighted by molar-refractivity contribution is 5.47. The SMILES string of the molecule is CC(C#N)N(C)C=O. The van der Waals surface area contributed by atoms with E-state index in [2.05, 4.69) is 0 Å². The highest BCUT2D eigenvalue weighted by Gasteiger charge is 2.01. The lowest BCUT2D eigenvalue weighted by atomic mass is 10.4. The number of carbonyl (C=O) groups excluding carboxylic acids is 1. The van der Waals surface area contributed by atoms with Gasteiger partial charge in [-0.05, 0) is 6.92 Å². The molecule has 8 heavy (non-hydrogen) atoms. The first-order valence-electron chi connectivity index (χ1n) is 2.29. The van der Waals surface area contributed by atoms with Crippen molar-refractivity contribution in [3.05, 3.63) is 0 Å². The number of amides is 1. The average Bonchev–Trinajstić information content (AvgIpc) is 1.84. The molecule has 0 rings (SSSR count). The minimum atomic E-state index is -0.313. The van der Waals surface area contributed by atoms with Crippen molar-refractivity contribution in [1.29, 1.82) is 5.26 Å². The molecular formula is C5H8N2O. The molecule has 0 bridgehead atoms. The summed E-state index contributed by atoms with van der Waals surface area (Å²) in [4.78, 5) is 11.2. The maximum absolute atomic E-state index is 9.88. The molecule has 1 amide bonds. The number of hydrogen-bond donors (Lipinski definition) is 0. The summed E-state index contributed by atoms with van der Waals surface area (Å²) in [7, 11) is 1.57. The molecule has 0 aliphatic rings. The molecule has 3 nitrogen and oxygen atoms in total. The zero-order valence-electron chi connectivity index (χ0n) is 4.96. The lowest BCUT2D eigenvalue weighted by molar-refractivity contribution is -0.117. The Bertz CT molecular complexity index is 116. The number of nitrogens with zero attached hydrogens (tertiary/aromatic N) is 2. The number of nitriles is 1.